The van der Waals surface area contributed by atoms with Crippen LogP contribution >= 0.6 is 0 Å². The number of aromatic nitrogens is 2. The van der Waals surface area contributed by atoms with Crippen molar-refractivity contribution in [2.75, 3.05) is 13.7 Å². The zero-order valence-corrected chi connectivity index (χ0v) is 12.2. The second kappa shape index (κ2) is 6.72. The van der Waals surface area contributed by atoms with Crippen LogP contribution < -0.4 is 10.5 Å². The summed E-state index contributed by atoms with van der Waals surface area (Å²) in [5.74, 6) is 1.62. The van der Waals surface area contributed by atoms with Crippen molar-refractivity contribution in [3.8, 4) is 5.75 Å². The van der Waals surface area contributed by atoms with Gasteiger partial charge in [-0.2, -0.15) is 0 Å². The van der Waals surface area contributed by atoms with E-state index >= 15 is 0 Å². The number of hydrogen-bond acceptors (Lipinski definition) is 4. The van der Waals surface area contributed by atoms with E-state index in [4.69, 9.17) is 10.5 Å². The van der Waals surface area contributed by atoms with Gasteiger partial charge in [0.2, 0.25) is 0 Å². The maximum atomic E-state index is 9.27. The number of rotatable bonds is 7. The van der Waals surface area contributed by atoms with E-state index in [2.05, 4.69) is 11.9 Å². The fourth-order valence-corrected chi connectivity index (χ4v) is 2.43. The number of benzene rings is 1. The van der Waals surface area contributed by atoms with Gasteiger partial charge in [-0.15, -0.1) is 0 Å². The van der Waals surface area contributed by atoms with E-state index in [-0.39, 0.29) is 12.6 Å². The molecule has 0 aliphatic heterocycles. The van der Waals surface area contributed by atoms with Crippen LogP contribution in [-0.4, -0.2) is 28.4 Å². The Kier molecular flexibility index (Phi) is 4.98. The van der Waals surface area contributed by atoms with Crippen molar-refractivity contribution in [1.82, 2.24) is 9.55 Å². The van der Waals surface area contributed by atoms with Gasteiger partial charge in [0.25, 0.3) is 0 Å². The number of aliphatic hydroxyl groups is 1. The molecular formula is C15H23N3O2. The number of hydrogen-bond donors (Lipinski definition) is 2. The highest BCUT2D eigenvalue weighted by atomic mass is 16.5. The largest absolute Gasteiger partial charge is 0.497 e. The van der Waals surface area contributed by atoms with Crippen molar-refractivity contribution in [2.24, 2.45) is 5.73 Å². The van der Waals surface area contributed by atoms with Gasteiger partial charge in [-0.3, -0.25) is 0 Å². The Morgan fingerprint density at radius 3 is 2.90 bits per heavy atom. The number of ether oxygens (including phenoxy) is 1. The standard InChI is InChI=1S/C15H23N3O2/c1-3-4-5-12(16)15-17-13-10-11(20-2)6-7-14(13)18(15)8-9-19/h6-7,10,12,19H,3-5,8-9,16H2,1-2H3. The highest BCUT2D eigenvalue weighted by Gasteiger charge is 2.16. The summed E-state index contributed by atoms with van der Waals surface area (Å²) in [5, 5.41) is 9.27. The average molecular weight is 277 g/mol. The SMILES string of the molecule is CCCCC(N)c1nc2cc(OC)ccc2n1CCO. The van der Waals surface area contributed by atoms with Gasteiger partial charge in [0, 0.05) is 12.6 Å². The lowest BCUT2D eigenvalue weighted by atomic mass is 10.1. The van der Waals surface area contributed by atoms with Crippen LogP contribution in [0.15, 0.2) is 18.2 Å². The summed E-state index contributed by atoms with van der Waals surface area (Å²) in [4.78, 5) is 4.64. The van der Waals surface area contributed by atoms with E-state index in [1.54, 1.807) is 7.11 Å². The Hall–Kier alpha value is -1.59. The molecule has 5 heteroatoms. The van der Waals surface area contributed by atoms with E-state index in [9.17, 15) is 5.11 Å². The molecule has 0 spiro atoms. The minimum atomic E-state index is -0.0973. The highest BCUT2D eigenvalue weighted by molar-refractivity contribution is 5.78. The molecule has 0 amide bonds. The summed E-state index contributed by atoms with van der Waals surface area (Å²) >= 11 is 0. The lowest BCUT2D eigenvalue weighted by Crippen LogP contribution is -2.17. The predicted octanol–water partition coefficient (Wildman–Crippen LogP) is 2.23. The van der Waals surface area contributed by atoms with Crippen molar-refractivity contribution >= 4 is 11.0 Å². The minimum absolute atomic E-state index is 0.0744. The molecule has 0 saturated heterocycles. The average Bonchev–Trinajstić information content (AvgIpc) is 2.83. The molecular weight excluding hydrogens is 254 g/mol. The fourth-order valence-electron chi connectivity index (χ4n) is 2.43. The number of nitrogens with zero attached hydrogens (tertiary/aromatic N) is 2. The molecule has 0 aliphatic carbocycles. The van der Waals surface area contributed by atoms with Crippen LogP contribution in [0.1, 0.15) is 38.1 Å². The molecule has 20 heavy (non-hydrogen) atoms. The monoisotopic (exact) mass is 277 g/mol. The van der Waals surface area contributed by atoms with Crippen molar-refractivity contribution in [1.29, 1.82) is 0 Å². The van der Waals surface area contributed by atoms with Crippen molar-refractivity contribution < 1.29 is 9.84 Å². The summed E-state index contributed by atoms with van der Waals surface area (Å²) in [5.41, 5.74) is 8.10. The number of fused-ring (bicyclic) bond motifs is 1. The first-order chi connectivity index (χ1) is 9.71. The van der Waals surface area contributed by atoms with E-state index in [1.807, 2.05) is 22.8 Å². The molecule has 5 nitrogen and oxygen atoms in total. The third-order valence-corrected chi connectivity index (χ3v) is 3.51. The third-order valence-electron chi connectivity index (χ3n) is 3.51. The number of nitrogens with two attached hydrogens (primary N) is 1. The quantitative estimate of drug-likeness (QED) is 0.814. The Bertz CT molecular complexity index is 565. The Morgan fingerprint density at radius 1 is 1.45 bits per heavy atom. The number of imidazole rings is 1. The van der Waals surface area contributed by atoms with Gasteiger partial charge >= 0.3 is 0 Å². The van der Waals surface area contributed by atoms with Crippen LogP contribution in [0.4, 0.5) is 0 Å². The van der Waals surface area contributed by atoms with Crippen LogP contribution in [0.3, 0.4) is 0 Å². The molecule has 1 heterocycles. The van der Waals surface area contributed by atoms with Crippen LogP contribution in [0.5, 0.6) is 5.75 Å². The first-order valence-corrected chi connectivity index (χ1v) is 7.11. The molecule has 0 aliphatic rings. The number of aliphatic hydroxyl groups excluding tert-OH is 1. The van der Waals surface area contributed by atoms with Crippen LogP contribution in [0.2, 0.25) is 0 Å². The van der Waals surface area contributed by atoms with Gasteiger partial charge in [0.05, 0.1) is 30.8 Å². The van der Waals surface area contributed by atoms with E-state index in [0.717, 1.165) is 41.9 Å². The topological polar surface area (TPSA) is 73.3 Å². The molecule has 2 rings (SSSR count). The van der Waals surface area contributed by atoms with Crippen molar-refractivity contribution in [3.63, 3.8) is 0 Å². The Morgan fingerprint density at radius 2 is 2.25 bits per heavy atom. The lowest BCUT2D eigenvalue weighted by molar-refractivity contribution is 0.274. The van der Waals surface area contributed by atoms with Gasteiger partial charge < -0.3 is 20.1 Å². The minimum Gasteiger partial charge on any atom is -0.497 e. The second-order valence-electron chi connectivity index (χ2n) is 4.95. The molecule has 3 N–H and O–H groups in total. The molecule has 0 bridgehead atoms. The highest BCUT2D eigenvalue weighted by Crippen LogP contribution is 2.25. The van der Waals surface area contributed by atoms with Gasteiger partial charge in [-0.25, -0.2) is 4.98 Å². The predicted molar refractivity (Wildman–Crippen MR) is 79.8 cm³/mol. The zero-order chi connectivity index (χ0) is 14.5. The van der Waals surface area contributed by atoms with Gasteiger partial charge in [0.15, 0.2) is 0 Å². The molecule has 0 fully saturated rings. The van der Waals surface area contributed by atoms with E-state index in [0.29, 0.717) is 6.54 Å². The third kappa shape index (κ3) is 2.94. The Labute approximate surface area is 119 Å². The van der Waals surface area contributed by atoms with E-state index < -0.39 is 0 Å². The molecule has 0 radical (unpaired) electrons. The first kappa shape index (κ1) is 14.8. The van der Waals surface area contributed by atoms with Gasteiger partial charge in [0.1, 0.15) is 11.6 Å². The summed E-state index contributed by atoms with van der Waals surface area (Å²) in [7, 11) is 1.64. The van der Waals surface area contributed by atoms with Crippen molar-refractivity contribution in [2.45, 2.75) is 38.8 Å². The smallest absolute Gasteiger partial charge is 0.126 e. The van der Waals surface area contributed by atoms with Crippen molar-refractivity contribution in [3.05, 3.63) is 24.0 Å². The van der Waals surface area contributed by atoms with Crippen LogP contribution in [0.25, 0.3) is 11.0 Å². The molecule has 110 valence electrons. The number of unbranched alkanes of at least 4 members (excludes halogenated alkanes) is 1. The summed E-state index contributed by atoms with van der Waals surface area (Å²) < 4.78 is 7.24. The Balaban J connectivity index is 2.43. The first-order valence-electron chi connectivity index (χ1n) is 7.11. The van der Waals surface area contributed by atoms with E-state index in [1.165, 1.54) is 0 Å². The second-order valence-corrected chi connectivity index (χ2v) is 4.95. The summed E-state index contributed by atoms with van der Waals surface area (Å²) in [6, 6.07) is 5.67. The number of methoxy groups -OCH3 is 1. The molecule has 1 atom stereocenters. The summed E-state index contributed by atoms with van der Waals surface area (Å²) in [6.45, 7) is 2.73. The summed E-state index contributed by atoms with van der Waals surface area (Å²) in [6.07, 6.45) is 3.09. The van der Waals surface area contributed by atoms with Crippen LogP contribution in [0, 0.1) is 0 Å². The molecule has 2 aromatic rings. The fraction of sp³-hybridized carbons (Fsp3) is 0.533. The molecule has 1 unspecified atom stereocenters. The van der Waals surface area contributed by atoms with Gasteiger partial charge in [-0.1, -0.05) is 19.8 Å². The molecule has 0 saturated carbocycles. The maximum absolute atomic E-state index is 9.27. The van der Waals surface area contributed by atoms with Crippen LogP contribution in [-0.2, 0) is 6.54 Å². The van der Waals surface area contributed by atoms with Gasteiger partial charge in [-0.05, 0) is 18.6 Å². The molecule has 1 aromatic carbocycles. The maximum Gasteiger partial charge on any atom is 0.126 e. The molecule has 1 aromatic heterocycles. The zero-order valence-electron chi connectivity index (χ0n) is 12.2. The lowest BCUT2D eigenvalue weighted by Gasteiger charge is -2.13. The normalized spacial score (nSPS) is 12.8.